The van der Waals surface area contributed by atoms with Gasteiger partial charge in [0.15, 0.2) is 0 Å². The minimum Gasteiger partial charge on any atom is -0.478 e. The Balaban J connectivity index is 5.89. The number of carboxylic acids is 1. The Hall–Kier alpha value is -1.70. The standard InChI is InChI=1S/C11H7F13O2/c12-6(13,4-2-1-3-5(25)26)7(14,15)8(16,17)9(18,19)10(20,21)11(22,23)24/h1,3H,2,4H2,(H,25,26). The van der Waals surface area contributed by atoms with Crippen LogP contribution < -0.4 is 0 Å². The van der Waals surface area contributed by atoms with Crippen molar-refractivity contribution in [1.82, 2.24) is 0 Å². The van der Waals surface area contributed by atoms with Crippen LogP contribution in [-0.2, 0) is 4.79 Å². The van der Waals surface area contributed by atoms with Crippen molar-refractivity contribution in [2.24, 2.45) is 0 Å². The van der Waals surface area contributed by atoms with Crippen molar-refractivity contribution in [1.29, 1.82) is 0 Å². The Bertz CT molecular complexity index is 547. The number of allylic oxidation sites excluding steroid dienone is 1. The van der Waals surface area contributed by atoms with Gasteiger partial charge in [-0.05, 0) is 6.42 Å². The fourth-order valence-electron chi connectivity index (χ4n) is 1.41. The molecule has 0 unspecified atom stereocenters. The van der Waals surface area contributed by atoms with E-state index in [9.17, 15) is 61.9 Å². The second-order valence-electron chi connectivity index (χ2n) is 4.78. The number of carbonyl (C=O) groups is 1. The first-order chi connectivity index (χ1) is 11.2. The molecule has 1 N–H and O–H groups in total. The molecule has 0 atom stereocenters. The normalized spacial score (nSPS) is 15.6. The van der Waals surface area contributed by atoms with Crippen LogP contribution in [0.2, 0.25) is 0 Å². The molecule has 0 aromatic heterocycles. The third-order valence-corrected chi connectivity index (χ3v) is 2.88. The maximum absolute atomic E-state index is 13.2. The van der Waals surface area contributed by atoms with Gasteiger partial charge in [-0.1, -0.05) is 6.08 Å². The number of carboxylic acid groups (broad SMARTS) is 1. The molecule has 0 bridgehead atoms. The molecule has 15 heteroatoms. The summed E-state index contributed by atoms with van der Waals surface area (Å²) in [7, 11) is 0. The van der Waals surface area contributed by atoms with Crippen LogP contribution in [0.3, 0.4) is 0 Å². The van der Waals surface area contributed by atoms with Crippen molar-refractivity contribution in [2.45, 2.75) is 48.6 Å². The van der Waals surface area contributed by atoms with E-state index in [4.69, 9.17) is 5.11 Å². The van der Waals surface area contributed by atoms with E-state index in [1.54, 1.807) is 0 Å². The predicted octanol–water partition coefficient (Wildman–Crippen LogP) is 5.15. The summed E-state index contributed by atoms with van der Waals surface area (Å²) in [5, 5.41) is 8.07. The molecule has 26 heavy (non-hydrogen) atoms. The van der Waals surface area contributed by atoms with E-state index < -0.39 is 54.6 Å². The lowest BCUT2D eigenvalue weighted by atomic mass is 9.92. The van der Waals surface area contributed by atoms with Crippen LogP contribution in [0.5, 0.6) is 0 Å². The van der Waals surface area contributed by atoms with Crippen LogP contribution in [0.4, 0.5) is 57.1 Å². The van der Waals surface area contributed by atoms with E-state index in [2.05, 4.69) is 0 Å². The Morgan fingerprint density at radius 1 is 0.692 bits per heavy atom. The monoisotopic (exact) mass is 418 g/mol. The summed E-state index contributed by atoms with van der Waals surface area (Å²) >= 11 is 0. The van der Waals surface area contributed by atoms with Crippen LogP contribution in [0.25, 0.3) is 0 Å². The Morgan fingerprint density at radius 2 is 1.08 bits per heavy atom. The fraction of sp³-hybridized carbons (Fsp3) is 0.727. The number of aliphatic carboxylic acids is 1. The third-order valence-electron chi connectivity index (χ3n) is 2.88. The van der Waals surface area contributed by atoms with Gasteiger partial charge in [0, 0.05) is 12.5 Å². The van der Waals surface area contributed by atoms with Gasteiger partial charge in [0.05, 0.1) is 0 Å². The Kier molecular flexibility index (Phi) is 6.35. The first kappa shape index (κ1) is 24.3. The lowest BCUT2D eigenvalue weighted by Gasteiger charge is -2.39. The van der Waals surface area contributed by atoms with E-state index in [0.717, 1.165) is 0 Å². The van der Waals surface area contributed by atoms with E-state index in [0.29, 0.717) is 0 Å². The second-order valence-corrected chi connectivity index (χ2v) is 4.78. The maximum atomic E-state index is 13.2. The second kappa shape index (κ2) is 6.79. The van der Waals surface area contributed by atoms with Gasteiger partial charge in [-0.3, -0.25) is 0 Å². The summed E-state index contributed by atoms with van der Waals surface area (Å²) in [5.74, 6) is -38.8. The molecular weight excluding hydrogens is 411 g/mol. The highest BCUT2D eigenvalue weighted by atomic mass is 19.4. The molecule has 0 aliphatic heterocycles. The minimum atomic E-state index is -7.93. The predicted molar refractivity (Wildman–Crippen MR) is 56.8 cm³/mol. The Morgan fingerprint density at radius 3 is 1.42 bits per heavy atom. The van der Waals surface area contributed by atoms with Gasteiger partial charge in [0.1, 0.15) is 0 Å². The van der Waals surface area contributed by atoms with Crippen LogP contribution >= 0.6 is 0 Å². The lowest BCUT2D eigenvalue weighted by Crippen LogP contribution is -2.70. The van der Waals surface area contributed by atoms with Gasteiger partial charge in [-0.25, -0.2) is 4.79 Å². The largest absolute Gasteiger partial charge is 0.478 e. The van der Waals surface area contributed by atoms with E-state index >= 15 is 0 Å². The number of alkyl halides is 13. The zero-order valence-corrected chi connectivity index (χ0v) is 11.8. The summed E-state index contributed by atoms with van der Waals surface area (Å²) in [6, 6.07) is 0. The fourth-order valence-corrected chi connectivity index (χ4v) is 1.41. The van der Waals surface area contributed by atoms with Crippen molar-refractivity contribution < 1.29 is 67.0 Å². The van der Waals surface area contributed by atoms with Crippen LogP contribution in [0.1, 0.15) is 12.8 Å². The molecule has 0 saturated heterocycles. The van der Waals surface area contributed by atoms with Crippen molar-refractivity contribution >= 4 is 5.97 Å². The molecule has 0 fully saturated rings. The molecule has 0 aromatic rings. The molecular formula is C11H7F13O2. The average molecular weight is 418 g/mol. The molecule has 0 amide bonds. The summed E-state index contributed by atoms with van der Waals surface area (Å²) in [4.78, 5) is 9.98. The molecule has 0 aliphatic rings. The van der Waals surface area contributed by atoms with Gasteiger partial charge in [0.25, 0.3) is 0 Å². The lowest BCUT2D eigenvalue weighted by molar-refractivity contribution is -0.440. The van der Waals surface area contributed by atoms with Gasteiger partial charge >= 0.3 is 41.8 Å². The molecule has 0 saturated carbocycles. The topological polar surface area (TPSA) is 37.3 Å². The molecule has 0 rings (SSSR count). The summed E-state index contributed by atoms with van der Waals surface area (Å²) in [5.41, 5.74) is 0. The number of halogens is 13. The van der Waals surface area contributed by atoms with Gasteiger partial charge < -0.3 is 5.11 Å². The van der Waals surface area contributed by atoms with E-state index in [1.807, 2.05) is 0 Å². The van der Waals surface area contributed by atoms with E-state index in [1.165, 1.54) is 0 Å². The highest BCUT2D eigenvalue weighted by Gasteiger charge is 2.90. The average Bonchev–Trinajstić information content (AvgIpc) is 2.41. The van der Waals surface area contributed by atoms with Gasteiger partial charge in [-0.2, -0.15) is 57.1 Å². The summed E-state index contributed by atoms with van der Waals surface area (Å²) in [6.07, 6.45) is -11.0. The molecule has 0 spiro atoms. The molecule has 2 nitrogen and oxygen atoms in total. The van der Waals surface area contributed by atoms with Crippen molar-refractivity contribution in [2.75, 3.05) is 0 Å². The van der Waals surface area contributed by atoms with Gasteiger partial charge in [0.2, 0.25) is 0 Å². The summed E-state index contributed by atoms with van der Waals surface area (Å²) < 4.78 is 165. The van der Waals surface area contributed by atoms with Crippen LogP contribution in [0, 0.1) is 0 Å². The number of rotatable bonds is 8. The SMILES string of the molecule is O=C(O)C=CCCC(F)(F)C(F)(F)C(F)(F)C(F)(F)C(F)(F)C(F)(F)F. The van der Waals surface area contributed by atoms with E-state index in [-0.39, 0.29) is 12.2 Å². The van der Waals surface area contributed by atoms with Crippen molar-refractivity contribution in [3.05, 3.63) is 12.2 Å². The Labute approximate surface area is 135 Å². The zero-order valence-electron chi connectivity index (χ0n) is 11.8. The van der Waals surface area contributed by atoms with Crippen molar-refractivity contribution in [3.63, 3.8) is 0 Å². The molecule has 0 heterocycles. The zero-order chi connectivity index (χ0) is 21.4. The highest BCUT2D eigenvalue weighted by Crippen LogP contribution is 2.60. The van der Waals surface area contributed by atoms with Crippen molar-refractivity contribution in [3.8, 4) is 0 Å². The highest BCUT2D eigenvalue weighted by molar-refractivity contribution is 5.79. The molecule has 154 valence electrons. The van der Waals surface area contributed by atoms with Gasteiger partial charge in [-0.15, -0.1) is 0 Å². The summed E-state index contributed by atoms with van der Waals surface area (Å²) in [6.45, 7) is 0. The molecule has 0 radical (unpaired) electrons. The van der Waals surface area contributed by atoms with Crippen LogP contribution in [0.15, 0.2) is 12.2 Å². The molecule has 0 aromatic carbocycles. The third kappa shape index (κ3) is 3.84. The minimum absolute atomic E-state index is 0.0821. The first-order valence-electron chi connectivity index (χ1n) is 6.02. The quantitative estimate of drug-likeness (QED) is 0.438. The van der Waals surface area contributed by atoms with Crippen LogP contribution in [-0.4, -0.2) is 46.9 Å². The maximum Gasteiger partial charge on any atom is 0.460 e. The molecule has 0 aliphatic carbocycles. The number of hydrogen-bond donors (Lipinski definition) is 1. The first-order valence-corrected chi connectivity index (χ1v) is 6.02. The smallest absolute Gasteiger partial charge is 0.460 e. The number of hydrogen-bond acceptors (Lipinski definition) is 1.